The molecule has 0 bridgehead atoms. The van der Waals surface area contributed by atoms with E-state index in [2.05, 4.69) is 9.88 Å². The summed E-state index contributed by atoms with van der Waals surface area (Å²) in [5, 5.41) is 0.467. The summed E-state index contributed by atoms with van der Waals surface area (Å²) >= 11 is 0.991. The number of anilines is 1. The molecule has 2 aromatic heterocycles. The third kappa shape index (κ3) is 4.24. The Hall–Kier alpha value is -3.21. The van der Waals surface area contributed by atoms with Gasteiger partial charge >= 0.3 is 0 Å². The number of carbonyl (C=O) groups is 1. The summed E-state index contributed by atoms with van der Waals surface area (Å²) in [4.78, 5) is 34.3. The molecule has 5 rings (SSSR count). The average molecular weight is 471 g/mol. The van der Waals surface area contributed by atoms with Crippen LogP contribution < -0.4 is 10.3 Å². The third-order valence-electron chi connectivity index (χ3n) is 5.53. The lowest BCUT2D eigenvalue weighted by Crippen LogP contribution is -2.44. The van der Waals surface area contributed by atoms with E-state index in [0.717, 1.165) is 23.7 Å². The lowest BCUT2D eigenvalue weighted by Gasteiger charge is -2.29. The zero-order valence-electron chi connectivity index (χ0n) is 17.4. The molecule has 0 saturated carbocycles. The van der Waals surface area contributed by atoms with E-state index in [-0.39, 0.29) is 32.8 Å². The summed E-state index contributed by atoms with van der Waals surface area (Å²) in [5.41, 5.74) is -0.263. The second kappa shape index (κ2) is 8.97. The lowest BCUT2D eigenvalue weighted by atomic mass is 10.1. The maximum absolute atomic E-state index is 14.3. The van der Waals surface area contributed by atoms with Gasteiger partial charge in [0.05, 0.1) is 23.3 Å². The standard InChI is InChI=1S/C23H19F2N3O4S/c24-14-11-17(25)20-19(12-14)33-23(26-20)28(6-5-27-7-9-31-10-8-27)22(30)16-13-32-18-4-2-1-3-15(18)21(16)29/h1-4,11-13H,5-10H2. The fourth-order valence-corrected chi connectivity index (χ4v) is 4.81. The van der Waals surface area contributed by atoms with Gasteiger partial charge in [-0.15, -0.1) is 0 Å². The molecule has 3 heterocycles. The van der Waals surface area contributed by atoms with Gasteiger partial charge in [-0.2, -0.15) is 0 Å². The van der Waals surface area contributed by atoms with Crippen LogP contribution in [0, 0.1) is 11.6 Å². The molecule has 0 atom stereocenters. The number of thiazole rings is 1. The molecule has 0 radical (unpaired) electrons. The molecule has 10 heteroatoms. The Bertz CT molecular complexity index is 1400. The van der Waals surface area contributed by atoms with Gasteiger partial charge in [0.25, 0.3) is 5.91 Å². The first-order valence-electron chi connectivity index (χ1n) is 10.4. The summed E-state index contributed by atoms with van der Waals surface area (Å²) in [5.74, 6) is -2.14. The summed E-state index contributed by atoms with van der Waals surface area (Å²) in [6.45, 7) is 3.30. The van der Waals surface area contributed by atoms with Crippen LogP contribution in [0.5, 0.6) is 0 Å². The fourth-order valence-electron chi connectivity index (χ4n) is 3.78. The van der Waals surface area contributed by atoms with Gasteiger partial charge in [0, 0.05) is 32.2 Å². The molecular weight excluding hydrogens is 452 g/mol. The minimum absolute atomic E-state index is 0.0221. The van der Waals surface area contributed by atoms with Gasteiger partial charge in [0.2, 0.25) is 5.43 Å². The van der Waals surface area contributed by atoms with Crippen LogP contribution in [0.1, 0.15) is 10.4 Å². The van der Waals surface area contributed by atoms with Crippen LogP contribution in [0.3, 0.4) is 0 Å². The van der Waals surface area contributed by atoms with Gasteiger partial charge in [0.15, 0.2) is 10.9 Å². The molecular formula is C23H19F2N3O4S. The van der Waals surface area contributed by atoms with Gasteiger partial charge in [-0.1, -0.05) is 23.5 Å². The predicted molar refractivity (Wildman–Crippen MR) is 121 cm³/mol. The van der Waals surface area contributed by atoms with Crippen molar-refractivity contribution in [1.82, 2.24) is 9.88 Å². The van der Waals surface area contributed by atoms with Crippen molar-refractivity contribution in [2.45, 2.75) is 0 Å². The molecule has 1 saturated heterocycles. The van der Waals surface area contributed by atoms with Crippen molar-refractivity contribution >= 4 is 43.6 Å². The predicted octanol–water partition coefficient (Wildman–Crippen LogP) is 3.66. The molecule has 33 heavy (non-hydrogen) atoms. The Morgan fingerprint density at radius 3 is 2.79 bits per heavy atom. The second-order valence-electron chi connectivity index (χ2n) is 7.62. The van der Waals surface area contributed by atoms with E-state index in [4.69, 9.17) is 9.15 Å². The van der Waals surface area contributed by atoms with Crippen LogP contribution in [0.2, 0.25) is 0 Å². The number of hydrogen-bond acceptors (Lipinski definition) is 7. The number of rotatable bonds is 5. The molecule has 7 nitrogen and oxygen atoms in total. The molecule has 4 aromatic rings. The molecule has 1 aliphatic rings. The zero-order valence-corrected chi connectivity index (χ0v) is 18.2. The second-order valence-corrected chi connectivity index (χ2v) is 8.63. The van der Waals surface area contributed by atoms with Crippen molar-refractivity contribution < 1.29 is 22.7 Å². The van der Waals surface area contributed by atoms with E-state index in [1.165, 1.54) is 11.0 Å². The molecule has 0 unspecified atom stereocenters. The SMILES string of the molecule is O=C(c1coc2ccccc2c1=O)N(CCN1CCOCC1)c1nc2c(F)cc(F)cc2s1. The minimum atomic E-state index is -0.807. The van der Waals surface area contributed by atoms with Gasteiger partial charge in [0.1, 0.15) is 28.7 Å². The molecule has 1 aliphatic heterocycles. The molecule has 170 valence electrons. The quantitative estimate of drug-likeness (QED) is 0.442. The molecule has 0 aliphatic carbocycles. The normalized spacial score (nSPS) is 14.7. The van der Waals surface area contributed by atoms with Crippen molar-refractivity contribution in [3.8, 4) is 0 Å². The fraction of sp³-hybridized carbons (Fsp3) is 0.261. The van der Waals surface area contributed by atoms with E-state index in [1.54, 1.807) is 24.3 Å². The van der Waals surface area contributed by atoms with Gasteiger partial charge < -0.3 is 9.15 Å². The number of fused-ring (bicyclic) bond motifs is 2. The number of benzene rings is 2. The van der Waals surface area contributed by atoms with E-state index in [1.807, 2.05) is 0 Å². The molecule has 2 aromatic carbocycles. The summed E-state index contributed by atoms with van der Waals surface area (Å²) in [7, 11) is 0. The van der Waals surface area contributed by atoms with E-state index in [0.29, 0.717) is 38.4 Å². The molecule has 1 amide bonds. The van der Waals surface area contributed by atoms with Crippen molar-refractivity contribution in [2.75, 3.05) is 44.3 Å². The number of aromatic nitrogens is 1. The number of morpholine rings is 1. The van der Waals surface area contributed by atoms with Crippen LogP contribution >= 0.6 is 11.3 Å². The number of halogens is 2. The number of ether oxygens (including phenoxy) is 1. The first-order valence-corrected chi connectivity index (χ1v) is 11.2. The highest BCUT2D eigenvalue weighted by Gasteiger charge is 2.26. The van der Waals surface area contributed by atoms with Gasteiger partial charge in [-0.25, -0.2) is 13.8 Å². The van der Waals surface area contributed by atoms with Crippen LogP contribution in [0.25, 0.3) is 21.2 Å². The number of carbonyl (C=O) groups excluding carboxylic acids is 1. The maximum atomic E-state index is 14.3. The third-order valence-corrected chi connectivity index (χ3v) is 6.56. The highest BCUT2D eigenvalue weighted by Crippen LogP contribution is 2.32. The number of nitrogens with zero attached hydrogens (tertiary/aromatic N) is 3. The Balaban J connectivity index is 1.55. The van der Waals surface area contributed by atoms with E-state index in [9.17, 15) is 18.4 Å². The summed E-state index contributed by atoms with van der Waals surface area (Å²) in [6, 6.07) is 8.58. The van der Waals surface area contributed by atoms with Gasteiger partial charge in [-0.05, 0) is 18.2 Å². The van der Waals surface area contributed by atoms with Crippen LogP contribution in [0.15, 0.2) is 51.9 Å². The van der Waals surface area contributed by atoms with Crippen molar-refractivity contribution in [3.05, 3.63) is 70.1 Å². The highest BCUT2D eigenvalue weighted by atomic mass is 32.1. The first-order chi connectivity index (χ1) is 16.0. The summed E-state index contributed by atoms with van der Waals surface area (Å²) < 4.78 is 39.1. The zero-order chi connectivity index (χ0) is 22.9. The largest absolute Gasteiger partial charge is 0.463 e. The topological polar surface area (TPSA) is 75.9 Å². The van der Waals surface area contributed by atoms with Crippen molar-refractivity contribution in [1.29, 1.82) is 0 Å². The number of para-hydroxylation sites is 1. The molecule has 0 N–H and O–H groups in total. The maximum Gasteiger partial charge on any atom is 0.267 e. The van der Waals surface area contributed by atoms with Crippen molar-refractivity contribution in [3.63, 3.8) is 0 Å². The lowest BCUT2D eigenvalue weighted by molar-refractivity contribution is 0.0391. The van der Waals surface area contributed by atoms with E-state index >= 15 is 0 Å². The van der Waals surface area contributed by atoms with Crippen LogP contribution in [-0.2, 0) is 4.74 Å². The molecule has 0 spiro atoms. The molecule has 1 fully saturated rings. The minimum Gasteiger partial charge on any atom is -0.463 e. The van der Waals surface area contributed by atoms with Crippen LogP contribution in [-0.4, -0.2) is 55.2 Å². The van der Waals surface area contributed by atoms with E-state index < -0.39 is 23.0 Å². The van der Waals surface area contributed by atoms with Crippen LogP contribution in [0.4, 0.5) is 13.9 Å². The number of amides is 1. The Morgan fingerprint density at radius 1 is 1.18 bits per heavy atom. The Morgan fingerprint density at radius 2 is 1.97 bits per heavy atom. The van der Waals surface area contributed by atoms with Gasteiger partial charge in [-0.3, -0.25) is 19.4 Å². The Kier molecular flexibility index (Phi) is 5.88. The Labute approximate surface area is 190 Å². The number of hydrogen-bond donors (Lipinski definition) is 0. The summed E-state index contributed by atoms with van der Waals surface area (Å²) in [6.07, 6.45) is 1.14. The van der Waals surface area contributed by atoms with Crippen molar-refractivity contribution in [2.24, 2.45) is 0 Å². The first kappa shape index (κ1) is 21.6. The average Bonchev–Trinajstić information content (AvgIpc) is 3.24. The smallest absolute Gasteiger partial charge is 0.267 e. The highest BCUT2D eigenvalue weighted by molar-refractivity contribution is 7.22. The monoisotopic (exact) mass is 471 g/mol.